The molecule has 0 fully saturated rings. The van der Waals surface area contributed by atoms with Gasteiger partial charge in [-0.2, -0.15) is 8.42 Å². The van der Waals surface area contributed by atoms with Crippen LogP contribution in [0.5, 0.6) is 0 Å². The Morgan fingerprint density at radius 3 is 1.85 bits per heavy atom. The number of Topliss-reactive ketones (excluding diaryl/α,β-unsaturated/α-hetero) is 1. The quantitative estimate of drug-likeness (QED) is 0.179. The highest BCUT2D eigenvalue weighted by Gasteiger charge is 2.29. The van der Waals surface area contributed by atoms with E-state index in [0.29, 0.717) is 6.42 Å². The van der Waals surface area contributed by atoms with Gasteiger partial charge in [-0.25, -0.2) is 0 Å². The number of rotatable bonds is 19. The van der Waals surface area contributed by atoms with Crippen LogP contribution in [0, 0.1) is 0 Å². The topological polar surface area (TPSA) is 83.5 Å². The molecule has 5 nitrogen and oxygen atoms in total. The van der Waals surface area contributed by atoms with E-state index in [1.54, 1.807) is 7.05 Å². The van der Waals surface area contributed by atoms with Crippen molar-refractivity contribution in [3.63, 3.8) is 0 Å². The Bertz CT molecular complexity index is 488. The summed E-state index contributed by atoms with van der Waals surface area (Å²) in [6.07, 6.45) is 20.1. The summed E-state index contributed by atoms with van der Waals surface area (Å²) in [5.74, 6) is -0.399. The van der Waals surface area contributed by atoms with Crippen molar-refractivity contribution in [2.24, 2.45) is 0 Å². The summed E-state index contributed by atoms with van der Waals surface area (Å²) in [6, 6.07) is 0. The van der Waals surface area contributed by atoms with Crippen molar-refractivity contribution in [3.8, 4) is 0 Å². The summed E-state index contributed by atoms with van der Waals surface area (Å²) in [7, 11) is -2.75. The minimum Gasteiger partial charge on any atom is -0.318 e. The van der Waals surface area contributed by atoms with E-state index in [2.05, 4.69) is 24.4 Å². The number of carbonyl (C=O) groups excluding carboxylic acids is 1. The van der Waals surface area contributed by atoms with E-state index < -0.39 is 21.2 Å². The average molecular weight is 404 g/mol. The average Bonchev–Trinajstić information content (AvgIpc) is 2.61. The molecular formula is C21H41NO4S. The van der Waals surface area contributed by atoms with Crippen LogP contribution in [0.2, 0.25) is 0 Å². The van der Waals surface area contributed by atoms with Gasteiger partial charge in [-0.3, -0.25) is 9.35 Å². The van der Waals surface area contributed by atoms with E-state index >= 15 is 0 Å². The minimum absolute atomic E-state index is 0.0389. The number of ketones is 1. The van der Waals surface area contributed by atoms with Crippen molar-refractivity contribution in [2.75, 3.05) is 13.6 Å². The third kappa shape index (κ3) is 16.0. The van der Waals surface area contributed by atoms with Gasteiger partial charge >= 0.3 is 0 Å². The van der Waals surface area contributed by atoms with Crippen molar-refractivity contribution >= 4 is 15.9 Å². The Morgan fingerprint density at radius 1 is 0.889 bits per heavy atom. The van der Waals surface area contributed by atoms with Gasteiger partial charge in [0.15, 0.2) is 11.0 Å². The molecule has 0 radical (unpaired) electrons. The second-order valence-electron chi connectivity index (χ2n) is 7.36. The molecule has 0 amide bonds. The summed E-state index contributed by atoms with van der Waals surface area (Å²) in [5.41, 5.74) is 0. The van der Waals surface area contributed by atoms with Crippen molar-refractivity contribution in [2.45, 2.75) is 102 Å². The van der Waals surface area contributed by atoms with E-state index in [1.165, 1.54) is 44.9 Å². The number of unbranched alkanes of at least 4 members (excludes halogenated alkanes) is 11. The highest BCUT2D eigenvalue weighted by molar-refractivity contribution is 7.87. The first-order valence-electron chi connectivity index (χ1n) is 10.7. The lowest BCUT2D eigenvalue weighted by atomic mass is 10.1. The number of hydrogen-bond donors (Lipinski definition) is 2. The van der Waals surface area contributed by atoms with Gasteiger partial charge in [0, 0.05) is 13.0 Å². The third-order valence-corrected chi connectivity index (χ3v) is 5.94. The van der Waals surface area contributed by atoms with Crippen molar-refractivity contribution in [1.29, 1.82) is 0 Å². The largest absolute Gasteiger partial charge is 0.318 e. The summed E-state index contributed by atoms with van der Waals surface area (Å²) < 4.78 is 31.5. The maximum Gasteiger partial charge on any atom is 0.276 e. The zero-order valence-corrected chi connectivity index (χ0v) is 18.2. The maximum atomic E-state index is 11.9. The van der Waals surface area contributed by atoms with E-state index in [4.69, 9.17) is 4.55 Å². The van der Waals surface area contributed by atoms with Crippen LogP contribution in [0.25, 0.3) is 0 Å². The Morgan fingerprint density at radius 2 is 1.37 bits per heavy atom. The predicted octanol–water partition coefficient (Wildman–Crippen LogP) is 5.07. The highest BCUT2D eigenvalue weighted by atomic mass is 32.2. The molecule has 0 aliphatic heterocycles. The monoisotopic (exact) mass is 403 g/mol. The molecule has 0 rings (SSSR count). The third-order valence-electron chi connectivity index (χ3n) is 4.79. The van der Waals surface area contributed by atoms with Gasteiger partial charge in [0.25, 0.3) is 10.1 Å². The summed E-state index contributed by atoms with van der Waals surface area (Å²) in [6.45, 7) is 2.20. The first-order valence-corrected chi connectivity index (χ1v) is 12.2. The predicted molar refractivity (Wildman–Crippen MR) is 114 cm³/mol. The molecule has 0 aromatic carbocycles. The second kappa shape index (κ2) is 17.4. The molecule has 160 valence electrons. The molecule has 27 heavy (non-hydrogen) atoms. The Labute approximate surface area is 167 Å². The molecule has 0 aromatic heterocycles. The molecule has 0 aromatic rings. The Kier molecular flexibility index (Phi) is 16.9. The van der Waals surface area contributed by atoms with Crippen LogP contribution in [-0.2, 0) is 14.9 Å². The molecule has 0 saturated carbocycles. The van der Waals surface area contributed by atoms with Gasteiger partial charge in [0.05, 0.1) is 0 Å². The zero-order valence-electron chi connectivity index (χ0n) is 17.4. The molecule has 0 saturated heterocycles. The molecule has 0 heterocycles. The molecule has 0 spiro atoms. The first-order chi connectivity index (χ1) is 12.9. The SMILES string of the molecule is CCCCCCCCC=CCCCCCCCC(=O)C(CNC)S(=O)(=O)O. The molecule has 0 bridgehead atoms. The Balaban J connectivity index is 3.56. The van der Waals surface area contributed by atoms with Gasteiger partial charge < -0.3 is 5.32 Å². The van der Waals surface area contributed by atoms with E-state index in [9.17, 15) is 13.2 Å². The van der Waals surface area contributed by atoms with Crippen molar-refractivity contribution < 1.29 is 17.8 Å². The smallest absolute Gasteiger partial charge is 0.276 e. The Hall–Kier alpha value is -0.720. The highest BCUT2D eigenvalue weighted by Crippen LogP contribution is 2.12. The molecular weight excluding hydrogens is 362 g/mol. The van der Waals surface area contributed by atoms with Crippen LogP contribution >= 0.6 is 0 Å². The molecule has 6 heteroatoms. The van der Waals surface area contributed by atoms with Crippen LogP contribution in [0.4, 0.5) is 0 Å². The minimum atomic E-state index is -4.32. The van der Waals surface area contributed by atoms with Crippen LogP contribution < -0.4 is 5.32 Å². The zero-order chi connectivity index (χ0) is 20.4. The molecule has 0 aliphatic rings. The summed E-state index contributed by atoms with van der Waals surface area (Å²) in [5, 5.41) is 1.31. The summed E-state index contributed by atoms with van der Waals surface area (Å²) in [4.78, 5) is 11.9. The fourth-order valence-electron chi connectivity index (χ4n) is 3.10. The standard InChI is InChI=1S/C21H41NO4S/c1-3-4-5-6-7-8-9-10-11-12-13-14-15-16-17-18-20(23)21(19-22-2)27(24,25)26/h10-11,21-22H,3-9,12-19H2,1-2H3,(H,24,25,26). The molecule has 2 N–H and O–H groups in total. The fraction of sp³-hybridized carbons (Fsp3) is 0.857. The van der Waals surface area contributed by atoms with Gasteiger partial charge in [0.2, 0.25) is 0 Å². The number of hydrogen-bond acceptors (Lipinski definition) is 4. The summed E-state index contributed by atoms with van der Waals surface area (Å²) >= 11 is 0. The van der Waals surface area contributed by atoms with Gasteiger partial charge in [-0.1, -0.05) is 70.4 Å². The van der Waals surface area contributed by atoms with Crippen LogP contribution in [0.1, 0.15) is 96.8 Å². The molecule has 1 atom stereocenters. The number of carbonyl (C=O) groups is 1. The van der Waals surface area contributed by atoms with Crippen molar-refractivity contribution in [3.05, 3.63) is 12.2 Å². The molecule has 1 unspecified atom stereocenters. The fourth-order valence-corrected chi connectivity index (χ4v) is 3.93. The van der Waals surface area contributed by atoms with Crippen LogP contribution in [0.3, 0.4) is 0 Å². The second-order valence-corrected chi connectivity index (χ2v) is 8.96. The molecule has 0 aliphatic carbocycles. The van der Waals surface area contributed by atoms with E-state index in [1.807, 2.05) is 0 Å². The lowest BCUT2D eigenvalue weighted by molar-refractivity contribution is -0.118. The van der Waals surface area contributed by atoms with E-state index in [0.717, 1.165) is 32.1 Å². The normalized spacial score (nSPS) is 13.3. The number of nitrogens with one attached hydrogen (secondary N) is 1. The number of allylic oxidation sites excluding steroid dienone is 2. The van der Waals surface area contributed by atoms with Crippen LogP contribution in [-0.4, -0.2) is 37.6 Å². The van der Waals surface area contributed by atoms with Gasteiger partial charge in [-0.05, 0) is 39.2 Å². The lowest BCUT2D eigenvalue weighted by Gasteiger charge is -2.12. The maximum absolute atomic E-state index is 11.9. The van der Waals surface area contributed by atoms with Gasteiger partial charge in [-0.15, -0.1) is 0 Å². The van der Waals surface area contributed by atoms with Crippen molar-refractivity contribution in [1.82, 2.24) is 5.32 Å². The van der Waals surface area contributed by atoms with Crippen LogP contribution in [0.15, 0.2) is 12.2 Å². The van der Waals surface area contributed by atoms with E-state index in [-0.39, 0.29) is 13.0 Å². The first kappa shape index (κ1) is 26.3. The lowest BCUT2D eigenvalue weighted by Crippen LogP contribution is -2.38. The van der Waals surface area contributed by atoms with Gasteiger partial charge in [0.1, 0.15) is 0 Å².